The Morgan fingerprint density at radius 2 is 2.19 bits per heavy atom. The number of esters is 1. The largest absolute Gasteiger partial charge is 0.466 e. The Morgan fingerprint density at radius 3 is 2.90 bits per heavy atom. The molecule has 1 rings (SSSR count). The summed E-state index contributed by atoms with van der Waals surface area (Å²) in [6.45, 7) is 4.79. The number of likely N-dealkylation sites (tertiary alicyclic amines) is 1. The number of hydrogen-bond donors (Lipinski definition) is 2. The summed E-state index contributed by atoms with van der Waals surface area (Å²) in [5.74, 6) is -0.173. The second-order valence-corrected chi connectivity index (χ2v) is 5.46. The molecule has 1 amide bonds. The average Bonchev–Trinajstić information content (AvgIpc) is 2.46. The molecule has 122 valence electrons. The van der Waals surface area contributed by atoms with Gasteiger partial charge in [-0.3, -0.25) is 14.5 Å². The van der Waals surface area contributed by atoms with Crippen molar-refractivity contribution >= 4 is 11.9 Å². The van der Waals surface area contributed by atoms with E-state index < -0.39 is 0 Å². The van der Waals surface area contributed by atoms with Crippen LogP contribution in [0.4, 0.5) is 0 Å². The molecule has 1 aliphatic rings. The van der Waals surface area contributed by atoms with E-state index in [2.05, 4.69) is 10.2 Å². The van der Waals surface area contributed by atoms with Gasteiger partial charge in [-0.2, -0.15) is 0 Å². The van der Waals surface area contributed by atoms with Gasteiger partial charge in [0.1, 0.15) is 0 Å². The van der Waals surface area contributed by atoms with Gasteiger partial charge in [0, 0.05) is 19.0 Å². The molecule has 3 N–H and O–H groups in total. The summed E-state index contributed by atoms with van der Waals surface area (Å²) in [7, 11) is 0. The van der Waals surface area contributed by atoms with Gasteiger partial charge in [0.05, 0.1) is 13.2 Å². The van der Waals surface area contributed by atoms with Crippen LogP contribution in [0.5, 0.6) is 0 Å². The second kappa shape index (κ2) is 10.6. The molecule has 6 nitrogen and oxygen atoms in total. The Labute approximate surface area is 127 Å². The highest BCUT2D eigenvalue weighted by atomic mass is 16.5. The Kier molecular flexibility index (Phi) is 9.01. The number of nitrogens with zero attached hydrogens (tertiary/aromatic N) is 1. The summed E-state index contributed by atoms with van der Waals surface area (Å²) in [4.78, 5) is 25.3. The minimum Gasteiger partial charge on any atom is -0.466 e. The van der Waals surface area contributed by atoms with Gasteiger partial charge in [-0.05, 0) is 45.7 Å². The predicted octanol–water partition coefficient (Wildman–Crippen LogP) is 0.649. The van der Waals surface area contributed by atoms with E-state index in [-0.39, 0.29) is 11.9 Å². The number of amides is 1. The van der Waals surface area contributed by atoms with E-state index >= 15 is 0 Å². The van der Waals surface area contributed by atoms with Crippen LogP contribution >= 0.6 is 0 Å². The highest BCUT2D eigenvalue weighted by molar-refractivity contribution is 5.78. The molecule has 1 atom stereocenters. The number of carbonyl (C=O) groups is 2. The van der Waals surface area contributed by atoms with E-state index in [1.807, 2.05) is 0 Å². The van der Waals surface area contributed by atoms with Gasteiger partial charge in [-0.25, -0.2) is 0 Å². The van der Waals surface area contributed by atoms with Gasteiger partial charge in [-0.1, -0.05) is 6.42 Å². The van der Waals surface area contributed by atoms with Crippen LogP contribution < -0.4 is 11.1 Å². The van der Waals surface area contributed by atoms with Gasteiger partial charge in [0.2, 0.25) is 5.91 Å². The van der Waals surface area contributed by atoms with E-state index in [1.54, 1.807) is 6.92 Å². The summed E-state index contributed by atoms with van der Waals surface area (Å²) in [5.41, 5.74) is 5.63. The maximum absolute atomic E-state index is 11.9. The molecule has 0 spiro atoms. The van der Waals surface area contributed by atoms with Crippen molar-refractivity contribution in [1.82, 2.24) is 10.2 Å². The van der Waals surface area contributed by atoms with Crippen molar-refractivity contribution in [3.63, 3.8) is 0 Å². The fourth-order valence-corrected chi connectivity index (χ4v) is 2.72. The van der Waals surface area contributed by atoms with Crippen LogP contribution in [-0.2, 0) is 14.3 Å². The topological polar surface area (TPSA) is 84.7 Å². The Hall–Kier alpha value is -1.14. The SMILES string of the molecule is CCOC(=O)CCCNC(=O)CN1CCCCC1CCN. The molecule has 21 heavy (non-hydrogen) atoms. The van der Waals surface area contributed by atoms with Crippen LogP contribution in [0.15, 0.2) is 0 Å². The lowest BCUT2D eigenvalue weighted by Crippen LogP contribution is -2.46. The molecule has 1 saturated heterocycles. The normalized spacial score (nSPS) is 19.2. The van der Waals surface area contributed by atoms with Crippen molar-refractivity contribution in [2.24, 2.45) is 5.73 Å². The first-order valence-corrected chi connectivity index (χ1v) is 8.03. The Bertz CT molecular complexity index is 321. The Balaban J connectivity index is 2.18. The smallest absolute Gasteiger partial charge is 0.305 e. The molecule has 0 radical (unpaired) electrons. The average molecular weight is 299 g/mol. The molecule has 1 fully saturated rings. The van der Waals surface area contributed by atoms with Crippen molar-refractivity contribution in [2.75, 3.05) is 32.8 Å². The van der Waals surface area contributed by atoms with Crippen LogP contribution in [0, 0.1) is 0 Å². The molecule has 0 aliphatic carbocycles. The van der Waals surface area contributed by atoms with Crippen molar-refractivity contribution < 1.29 is 14.3 Å². The van der Waals surface area contributed by atoms with Crippen molar-refractivity contribution in [3.05, 3.63) is 0 Å². The number of ether oxygens (including phenoxy) is 1. The number of nitrogens with two attached hydrogens (primary N) is 1. The lowest BCUT2D eigenvalue weighted by atomic mass is 9.99. The first-order chi connectivity index (χ1) is 10.2. The summed E-state index contributed by atoms with van der Waals surface area (Å²) >= 11 is 0. The lowest BCUT2D eigenvalue weighted by Gasteiger charge is -2.35. The third-order valence-corrected chi connectivity index (χ3v) is 3.78. The van der Waals surface area contributed by atoms with Crippen molar-refractivity contribution in [2.45, 2.75) is 51.5 Å². The van der Waals surface area contributed by atoms with E-state index in [9.17, 15) is 9.59 Å². The molecule has 1 unspecified atom stereocenters. The molecule has 1 heterocycles. The van der Waals surface area contributed by atoms with Gasteiger partial charge in [0.15, 0.2) is 0 Å². The monoisotopic (exact) mass is 299 g/mol. The zero-order valence-electron chi connectivity index (χ0n) is 13.1. The van der Waals surface area contributed by atoms with Crippen LogP contribution in [0.3, 0.4) is 0 Å². The van der Waals surface area contributed by atoms with Gasteiger partial charge in [-0.15, -0.1) is 0 Å². The molecule has 0 aromatic carbocycles. The molecule has 0 saturated carbocycles. The van der Waals surface area contributed by atoms with E-state index in [0.29, 0.717) is 45.1 Å². The number of piperidine rings is 1. The summed E-state index contributed by atoms with van der Waals surface area (Å²) in [5, 5.41) is 2.87. The van der Waals surface area contributed by atoms with Gasteiger partial charge in [0.25, 0.3) is 0 Å². The zero-order chi connectivity index (χ0) is 15.5. The molecule has 0 aromatic heterocycles. The first-order valence-electron chi connectivity index (χ1n) is 8.03. The summed E-state index contributed by atoms with van der Waals surface area (Å²) in [6, 6.07) is 0.439. The highest BCUT2D eigenvalue weighted by Crippen LogP contribution is 2.18. The zero-order valence-corrected chi connectivity index (χ0v) is 13.1. The van der Waals surface area contributed by atoms with Crippen LogP contribution in [0.2, 0.25) is 0 Å². The molecule has 6 heteroatoms. The molecular formula is C15H29N3O3. The maximum atomic E-state index is 11.9. The van der Waals surface area contributed by atoms with E-state index in [1.165, 1.54) is 6.42 Å². The fourth-order valence-electron chi connectivity index (χ4n) is 2.72. The van der Waals surface area contributed by atoms with E-state index in [4.69, 9.17) is 10.5 Å². The standard InChI is InChI=1S/C15H29N3O3/c1-2-21-15(20)7-5-10-17-14(19)12-18-11-4-3-6-13(18)8-9-16/h13H,2-12,16H2,1H3,(H,17,19). The minimum absolute atomic E-state index is 0.0304. The number of hydrogen-bond acceptors (Lipinski definition) is 5. The van der Waals surface area contributed by atoms with Gasteiger partial charge >= 0.3 is 5.97 Å². The third-order valence-electron chi connectivity index (χ3n) is 3.78. The summed E-state index contributed by atoms with van der Waals surface area (Å²) < 4.78 is 4.84. The molecule has 0 aromatic rings. The van der Waals surface area contributed by atoms with Crippen LogP contribution in [0.1, 0.15) is 45.4 Å². The number of nitrogens with one attached hydrogen (secondary N) is 1. The number of carbonyl (C=O) groups excluding carboxylic acids is 2. The predicted molar refractivity (Wildman–Crippen MR) is 81.8 cm³/mol. The highest BCUT2D eigenvalue weighted by Gasteiger charge is 2.23. The maximum Gasteiger partial charge on any atom is 0.305 e. The van der Waals surface area contributed by atoms with Crippen molar-refractivity contribution in [1.29, 1.82) is 0 Å². The van der Waals surface area contributed by atoms with Crippen LogP contribution in [-0.4, -0.2) is 55.6 Å². The summed E-state index contributed by atoms with van der Waals surface area (Å²) in [6.07, 6.45) is 5.44. The molecular weight excluding hydrogens is 270 g/mol. The number of rotatable bonds is 9. The van der Waals surface area contributed by atoms with Gasteiger partial charge < -0.3 is 15.8 Å². The van der Waals surface area contributed by atoms with E-state index in [0.717, 1.165) is 25.8 Å². The first kappa shape index (κ1) is 17.9. The third kappa shape index (κ3) is 7.43. The molecule has 0 bridgehead atoms. The van der Waals surface area contributed by atoms with Crippen LogP contribution in [0.25, 0.3) is 0 Å². The Morgan fingerprint density at radius 1 is 1.38 bits per heavy atom. The minimum atomic E-state index is -0.203. The fraction of sp³-hybridized carbons (Fsp3) is 0.867. The quantitative estimate of drug-likeness (QED) is 0.482. The van der Waals surface area contributed by atoms with Crippen molar-refractivity contribution in [3.8, 4) is 0 Å². The lowest BCUT2D eigenvalue weighted by molar-refractivity contribution is -0.143. The second-order valence-electron chi connectivity index (χ2n) is 5.46. The molecule has 1 aliphatic heterocycles.